The molecule has 0 atom stereocenters. The Morgan fingerprint density at radius 2 is 1.85 bits per heavy atom. The van der Waals surface area contributed by atoms with E-state index in [1.165, 1.54) is 6.92 Å². The van der Waals surface area contributed by atoms with Crippen molar-refractivity contribution in [3.63, 3.8) is 0 Å². The van der Waals surface area contributed by atoms with Gasteiger partial charge in [-0.25, -0.2) is 0 Å². The van der Waals surface area contributed by atoms with Gasteiger partial charge in [-0.15, -0.1) is 0 Å². The molecule has 2 heterocycles. The molecular weight excluding hydrogens is 352 g/mol. The maximum absolute atomic E-state index is 10.9. The number of benzene rings is 2. The van der Waals surface area contributed by atoms with Crippen LogP contribution >= 0.6 is 11.8 Å². The number of fused-ring (bicyclic) bond motifs is 4. The fourth-order valence-corrected chi connectivity index (χ4v) is 4.48. The van der Waals surface area contributed by atoms with Gasteiger partial charge < -0.3 is 18.9 Å². The molecule has 2 aromatic carbocycles. The number of hydrogen-bond donors (Lipinski definition) is 0. The average Bonchev–Trinajstić information content (AvgIpc) is 2.66. The Balaban J connectivity index is 1.70. The van der Waals surface area contributed by atoms with E-state index in [0.29, 0.717) is 19.8 Å². The maximum Gasteiger partial charge on any atom is 0.302 e. The smallest absolute Gasteiger partial charge is 0.302 e. The first kappa shape index (κ1) is 17.4. The molecule has 1 fully saturated rings. The quantitative estimate of drug-likeness (QED) is 0.602. The topological polar surface area (TPSA) is 54.0 Å². The fourth-order valence-electron chi connectivity index (χ4n) is 3.26. The molecule has 4 rings (SSSR count). The Morgan fingerprint density at radius 1 is 1.08 bits per heavy atom. The lowest BCUT2D eigenvalue weighted by atomic mass is 9.95. The molecule has 2 aliphatic rings. The summed E-state index contributed by atoms with van der Waals surface area (Å²) in [5.41, 5.74) is 2.00. The largest absolute Gasteiger partial charge is 0.489 e. The molecule has 0 amide bonds. The molecule has 2 aromatic rings. The van der Waals surface area contributed by atoms with Crippen molar-refractivity contribution in [2.45, 2.75) is 28.9 Å². The summed E-state index contributed by atoms with van der Waals surface area (Å²) in [5.74, 6) is -0.453. The molecular formula is C20H20O5S. The van der Waals surface area contributed by atoms with Crippen LogP contribution in [0.1, 0.15) is 24.5 Å². The fraction of sp³-hybridized carbons (Fsp3) is 0.350. The molecule has 26 heavy (non-hydrogen) atoms. The molecule has 0 bridgehead atoms. The number of carbonyl (C=O) groups excluding carboxylic acids is 1. The highest BCUT2D eigenvalue weighted by Crippen LogP contribution is 2.54. The first-order valence-corrected chi connectivity index (χ1v) is 9.47. The summed E-state index contributed by atoms with van der Waals surface area (Å²) >= 11 is 1.65. The Bertz CT molecular complexity index is 814. The van der Waals surface area contributed by atoms with Gasteiger partial charge >= 0.3 is 5.97 Å². The summed E-state index contributed by atoms with van der Waals surface area (Å²) < 4.78 is 23.3. The van der Waals surface area contributed by atoms with Gasteiger partial charge in [0.25, 0.3) is 0 Å². The van der Waals surface area contributed by atoms with Gasteiger partial charge in [-0.05, 0) is 18.6 Å². The highest BCUT2D eigenvalue weighted by molar-refractivity contribution is 7.99. The molecule has 0 aliphatic carbocycles. The van der Waals surface area contributed by atoms with Crippen LogP contribution in [0.25, 0.3) is 0 Å². The number of carbonyl (C=O) groups is 1. The Hall–Kier alpha value is -2.02. The van der Waals surface area contributed by atoms with E-state index in [9.17, 15) is 4.79 Å². The maximum atomic E-state index is 10.9. The zero-order chi connectivity index (χ0) is 18.0. The molecule has 0 unspecified atom stereocenters. The van der Waals surface area contributed by atoms with Crippen molar-refractivity contribution in [2.75, 3.05) is 26.4 Å². The van der Waals surface area contributed by atoms with Gasteiger partial charge in [0.1, 0.15) is 19.0 Å². The van der Waals surface area contributed by atoms with Crippen molar-refractivity contribution in [3.05, 3.63) is 53.6 Å². The Labute approximate surface area is 156 Å². The third-order valence-electron chi connectivity index (χ3n) is 4.33. The van der Waals surface area contributed by atoms with Gasteiger partial charge in [0.05, 0.1) is 18.1 Å². The molecule has 5 nitrogen and oxygen atoms in total. The van der Waals surface area contributed by atoms with Crippen molar-refractivity contribution >= 4 is 17.7 Å². The monoisotopic (exact) mass is 372 g/mol. The zero-order valence-corrected chi connectivity index (χ0v) is 15.3. The minimum Gasteiger partial charge on any atom is -0.489 e. The van der Waals surface area contributed by atoms with Crippen molar-refractivity contribution in [3.8, 4) is 5.75 Å². The summed E-state index contributed by atoms with van der Waals surface area (Å²) in [7, 11) is 0. The minimum atomic E-state index is -0.884. The molecule has 136 valence electrons. The van der Waals surface area contributed by atoms with E-state index in [2.05, 4.69) is 12.1 Å². The van der Waals surface area contributed by atoms with Crippen LogP contribution in [-0.2, 0) is 24.8 Å². The highest BCUT2D eigenvalue weighted by Gasteiger charge is 2.45. The van der Waals surface area contributed by atoms with E-state index in [0.717, 1.165) is 33.1 Å². The van der Waals surface area contributed by atoms with Gasteiger partial charge in [-0.2, -0.15) is 0 Å². The van der Waals surface area contributed by atoms with Gasteiger partial charge in [-0.1, -0.05) is 42.1 Å². The lowest BCUT2D eigenvalue weighted by Gasteiger charge is -2.42. The van der Waals surface area contributed by atoms with Crippen LogP contribution in [0.4, 0.5) is 0 Å². The Kier molecular flexibility index (Phi) is 4.89. The zero-order valence-electron chi connectivity index (χ0n) is 14.5. The van der Waals surface area contributed by atoms with Crippen LogP contribution in [0.2, 0.25) is 0 Å². The van der Waals surface area contributed by atoms with E-state index in [-0.39, 0.29) is 12.6 Å². The number of ether oxygens (including phenoxy) is 4. The Morgan fingerprint density at radius 3 is 2.65 bits per heavy atom. The van der Waals surface area contributed by atoms with Crippen LogP contribution in [0.3, 0.4) is 0 Å². The van der Waals surface area contributed by atoms with Gasteiger partial charge in [0.2, 0.25) is 5.79 Å². The molecule has 0 saturated carbocycles. The second kappa shape index (κ2) is 7.31. The van der Waals surface area contributed by atoms with Crippen LogP contribution in [0.15, 0.2) is 52.3 Å². The second-order valence-corrected chi connectivity index (χ2v) is 7.14. The lowest BCUT2D eigenvalue weighted by Crippen LogP contribution is -2.41. The van der Waals surface area contributed by atoms with E-state index in [1.807, 2.05) is 30.3 Å². The summed E-state index contributed by atoms with van der Waals surface area (Å²) in [6, 6.07) is 14.0. The van der Waals surface area contributed by atoms with Crippen molar-refractivity contribution in [2.24, 2.45) is 0 Å². The van der Waals surface area contributed by atoms with Crippen molar-refractivity contribution < 1.29 is 23.7 Å². The minimum absolute atomic E-state index is 0.221. The van der Waals surface area contributed by atoms with Gasteiger partial charge in [0.15, 0.2) is 0 Å². The predicted octanol–water partition coefficient (Wildman–Crippen LogP) is 3.73. The predicted molar refractivity (Wildman–Crippen MR) is 96.4 cm³/mol. The summed E-state index contributed by atoms with van der Waals surface area (Å²) in [6.07, 6.45) is 0.880. The third-order valence-corrected chi connectivity index (χ3v) is 5.53. The standard InChI is InChI=1S/C20H20O5S/c1-14(21)22-12-13-23-17-8-4-7-16-19(17)26-18-9-3-2-6-15(18)20(16)24-10-5-11-25-20/h2-4,6-9H,5,10-13H2,1H3. The van der Waals surface area contributed by atoms with E-state index < -0.39 is 5.79 Å². The second-order valence-electron chi connectivity index (χ2n) is 6.09. The number of esters is 1. The molecule has 6 heteroatoms. The molecule has 1 spiro atoms. The molecule has 0 N–H and O–H groups in total. The van der Waals surface area contributed by atoms with Crippen molar-refractivity contribution in [1.29, 1.82) is 0 Å². The number of rotatable bonds is 4. The number of hydrogen-bond acceptors (Lipinski definition) is 6. The van der Waals surface area contributed by atoms with Crippen LogP contribution < -0.4 is 4.74 Å². The third kappa shape index (κ3) is 3.09. The van der Waals surface area contributed by atoms with Crippen LogP contribution in [-0.4, -0.2) is 32.4 Å². The van der Waals surface area contributed by atoms with Gasteiger partial charge in [-0.3, -0.25) is 4.79 Å². The van der Waals surface area contributed by atoms with Crippen LogP contribution in [0, 0.1) is 0 Å². The lowest BCUT2D eigenvalue weighted by molar-refractivity contribution is -0.252. The van der Waals surface area contributed by atoms with Gasteiger partial charge in [0, 0.05) is 22.9 Å². The normalized spacial score (nSPS) is 17.3. The van der Waals surface area contributed by atoms with E-state index in [1.54, 1.807) is 11.8 Å². The molecule has 0 aromatic heterocycles. The summed E-state index contributed by atoms with van der Waals surface area (Å²) in [5, 5.41) is 0. The first-order chi connectivity index (χ1) is 12.7. The molecule has 1 saturated heterocycles. The highest BCUT2D eigenvalue weighted by atomic mass is 32.2. The first-order valence-electron chi connectivity index (χ1n) is 8.65. The SMILES string of the molecule is CC(=O)OCCOc1cccc2c1Sc1ccccc1C21OCCCO1. The van der Waals surface area contributed by atoms with Crippen LogP contribution in [0.5, 0.6) is 5.75 Å². The summed E-state index contributed by atoms with van der Waals surface area (Å²) in [6.45, 7) is 3.20. The average molecular weight is 372 g/mol. The van der Waals surface area contributed by atoms with Crippen molar-refractivity contribution in [1.82, 2.24) is 0 Å². The summed E-state index contributed by atoms with van der Waals surface area (Å²) in [4.78, 5) is 13.0. The van der Waals surface area contributed by atoms with E-state index in [4.69, 9.17) is 18.9 Å². The molecule has 2 aliphatic heterocycles. The van der Waals surface area contributed by atoms with E-state index >= 15 is 0 Å². The molecule has 0 radical (unpaired) electrons.